The van der Waals surface area contributed by atoms with Gasteiger partial charge in [0.2, 0.25) is 5.91 Å². The normalized spacial score (nSPS) is 12.5. The number of benzene rings is 1. The Morgan fingerprint density at radius 3 is 2.90 bits per heavy atom. The van der Waals surface area contributed by atoms with Crippen LogP contribution in [0.15, 0.2) is 53.4 Å². The maximum Gasteiger partial charge on any atom is 0.244 e. The van der Waals surface area contributed by atoms with Gasteiger partial charge in [-0.2, -0.15) is 0 Å². The highest BCUT2D eigenvalue weighted by Crippen LogP contribution is 2.24. The lowest BCUT2D eigenvalue weighted by Crippen LogP contribution is -2.27. The van der Waals surface area contributed by atoms with Crippen LogP contribution in [0.2, 0.25) is 5.02 Å². The molecule has 0 saturated heterocycles. The molecular formula is C16H16ClNO3. The Labute approximate surface area is 128 Å². The SMILES string of the molecule is CO[C@@H](CNC(=O)/C=C/c1ccoc1)c1ccccc1Cl. The lowest BCUT2D eigenvalue weighted by molar-refractivity contribution is -0.117. The van der Waals surface area contributed by atoms with Gasteiger partial charge in [0.15, 0.2) is 0 Å². The van der Waals surface area contributed by atoms with Crippen molar-refractivity contribution in [2.75, 3.05) is 13.7 Å². The molecule has 2 rings (SSSR count). The van der Waals surface area contributed by atoms with Crippen molar-refractivity contribution in [2.45, 2.75) is 6.10 Å². The number of ether oxygens (including phenoxy) is 1. The molecule has 1 amide bonds. The first kappa shape index (κ1) is 15.4. The Balaban J connectivity index is 1.91. The molecule has 110 valence electrons. The maximum absolute atomic E-state index is 11.8. The number of nitrogens with one attached hydrogen (secondary N) is 1. The quantitative estimate of drug-likeness (QED) is 0.832. The number of furan rings is 1. The van der Waals surface area contributed by atoms with Crippen LogP contribution in [0.1, 0.15) is 17.2 Å². The third-order valence-electron chi connectivity index (χ3n) is 2.97. The van der Waals surface area contributed by atoms with E-state index in [0.717, 1.165) is 11.1 Å². The smallest absolute Gasteiger partial charge is 0.244 e. The van der Waals surface area contributed by atoms with Gasteiger partial charge in [-0.3, -0.25) is 4.79 Å². The summed E-state index contributed by atoms with van der Waals surface area (Å²) in [6.07, 6.45) is 5.95. The van der Waals surface area contributed by atoms with Crippen molar-refractivity contribution < 1.29 is 13.9 Å². The highest BCUT2D eigenvalue weighted by molar-refractivity contribution is 6.31. The van der Waals surface area contributed by atoms with Gasteiger partial charge in [0.05, 0.1) is 12.5 Å². The monoisotopic (exact) mass is 305 g/mol. The minimum absolute atomic E-state index is 0.203. The zero-order valence-electron chi connectivity index (χ0n) is 11.6. The van der Waals surface area contributed by atoms with Crippen LogP contribution in [-0.4, -0.2) is 19.6 Å². The first-order chi connectivity index (χ1) is 10.2. The summed E-state index contributed by atoms with van der Waals surface area (Å²) in [5.74, 6) is -0.203. The number of halogens is 1. The molecule has 0 aliphatic heterocycles. The van der Waals surface area contributed by atoms with Crippen LogP contribution in [0.3, 0.4) is 0 Å². The third kappa shape index (κ3) is 4.48. The second kappa shape index (κ2) is 7.67. The minimum Gasteiger partial charge on any atom is -0.472 e. The number of methoxy groups -OCH3 is 1. The largest absolute Gasteiger partial charge is 0.472 e. The van der Waals surface area contributed by atoms with E-state index in [0.29, 0.717) is 11.6 Å². The Kier molecular flexibility index (Phi) is 5.60. The Hall–Kier alpha value is -2.04. The van der Waals surface area contributed by atoms with Gasteiger partial charge in [-0.15, -0.1) is 0 Å². The summed E-state index contributed by atoms with van der Waals surface area (Å²) in [4.78, 5) is 11.8. The zero-order chi connectivity index (χ0) is 15.1. The molecule has 1 aromatic heterocycles. The number of rotatable bonds is 6. The molecule has 2 aromatic rings. The van der Waals surface area contributed by atoms with Crippen molar-refractivity contribution in [1.82, 2.24) is 5.32 Å². The van der Waals surface area contributed by atoms with Crippen LogP contribution >= 0.6 is 11.6 Å². The molecule has 0 aliphatic carbocycles. The van der Waals surface area contributed by atoms with E-state index in [1.807, 2.05) is 18.2 Å². The molecular weight excluding hydrogens is 290 g/mol. The molecule has 0 radical (unpaired) electrons. The van der Waals surface area contributed by atoms with Gasteiger partial charge in [-0.1, -0.05) is 29.8 Å². The molecule has 1 N–H and O–H groups in total. The standard InChI is InChI=1S/C16H16ClNO3/c1-20-15(13-4-2-3-5-14(13)17)10-18-16(19)7-6-12-8-9-21-11-12/h2-9,11,15H,10H2,1H3,(H,18,19)/b7-6+/t15-/m0/s1. The van der Waals surface area contributed by atoms with Gasteiger partial charge in [0.25, 0.3) is 0 Å². The van der Waals surface area contributed by atoms with Gasteiger partial charge < -0.3 is 14.5 Å². The van der Waals surface area contributed by atoms with E-state index in [9.17, 15) is 4.79 Å². The molecule has 1 atom stereocenters. The number of hydrogen-bond acceptors (Lipinski definition) is 3. The maximum atomic E-state index is 11.8. The zero-order valence-corrected chi connectivity index (χ0v) is 12.3. The van der Waals surface area contributed by atoms with Gasteiger partial charge in [0, 0.05) is 35.9 Å². The summed E-state index contributed by atoms with van der Waals surface area (Å²) in [6.45, 7) is 0.342. The van der Waals surface area contributed by atoms with Crippen LogP contribution in [0.5, 0.6) is 0 Å². The third-order valence-corrected chi connectivity index (χ3v) is 3.31. The van der Waals surface area contributed by atoms with E-state index < -0.39 is 0 Å². The number of carbonyl (C=O) groups excluding carboxylic acids is 1. The summed E-state index contributed by atoms with van der Waals surface area (Å²) in [5.41, 5.74) is 1.68. The molecule has 4 nitrogen and oxygen atoms in total. The van der Waals surface area contributed by atoms with Crippen molar-refractivity contribution in [3.8, 4) is 0 Å². The fourth-order valence-electron chi connectivity index (χ4n) is 1.85. The average molecular weight is 306 g/mol. The second-order valence-corrected chi connectivity index (χ2v) is 4.79. The number of carbonyl (C=O) groups is 1. The summed E-state index contributed by atoms with van der Waals surface area (Å²) in [7, 11) is 1.58. The first-order valence-corrected chi connectivity index (χ1v) is 6.84. The fourth-order valence-corrected chi connectivity index (χ4v) is 2.11. The van der Waals surface area contributed by atoms with E-state index in [1.54, 1.807) is 37.8 Å². The van der Waals surface area contributed by atoms with Crippen LogP contribution in [0, 0.1) is 0 Å². The van der Waals surface area contributed by atoms with E-state index in [-0.39, 0.29) is 12.0 Å². The van der Waals surface area contributed by atoms with Crippen molar-refractivity contribution in [3.63, 3.8) is 0 Å². The van der Waals surface area contributed by atoms with Crippen molar-refractivity contribution in [3.05, 3.63) is 65.1 Å². The van der Waals surface area contributed by atoms with Crippen LogP contribution in [-0.2, 0) is 9.53 Å². The minimum atomic E-state index is -0.287. The second-order valence-electron chi connectivity index (χ2n) is 4.38. The average Bonchev–Trinajstić information content (AvgIpc) is 3.01. The fraction of sp³-hybridized carbons (Fsp3) is 0.188. The molecule has 0 saturated carbocycles. The van der Waals surface area contributed by atoms with Crippen molar-refractivity contribution in [1.29, 1.82) is 0 Å². The predicted octanol–water partition coefficient (Wildman–Crippen LogP) is 3.45. The Morgan fingerprint density at radius 2 is 2.24 bits per heavy atom. The van der Waals surface area contributed by atoms with Crippen LogP contribution in [0.25, 0.3) is 6.08 Å². The van der Waals surface area contributed by atoms with E-state index >= 15 is 0 Å². The lowest BCUT2D eigenvalue weighted by Gasteiger charge is -2.17. The van der Waals surface area contributed by atoms with Crippen LogP contribution in [0.4, 0.5) is 0 Å². The van der Waals surface area contributed by atoms with Crippen LogP contribution < -0.4 is 5.32 Å². The van der Waals surface area contributed by atoms with Gasteiger partial charge in [-0.05, 0) is 18.2 Å². The summed E-state index contributed by atoms with van der Waals surface area (Å²) < 4.78 is 10.3. The molecule has 1 aromatic carbocycles. The highest BCUT2D eigenvalue weighted by atomic mass is 35.5. The molecule has 21 heavy (non-hydrogen) atoms. The number of amides is 1. The summed E-state index contributed by atoms with van der Waals surface area (Å²) in [5, 5.41) is 3.40. The molecule has 0 aliphatic rings. The van der Waals surface area contributed by atoms with E-state index in [2.05, 4.69) is 5.32 Å². The summed E-state index contributed by atoms with van der Waals surface area (Å²) in [6, 6.07) is 9.18. The Bertz CT molecular complexity index is 608. The van der Waals surface area contributed by atoms with Crippen molar-refractivity contribution in [2.24, 2.45) is 0 Å². The molecule has 0 fully saturated rings. The van der Waals surface area contributed by atoms with Gasteiger partial charge in [-0.25, -0.2) is 0 Å². The van der Waals surface area contributed by atoms with Gasteiger partial charge in [0.1, 0.15) is 6.10 Å². The molecule has 0 unspecified atom stereocenters. The van der Waals surface area contributed by atoms with Crippen molar-refractivity contribution >= 4 is 23.6 Å². The Morgan fingerprint density at radius 1 is 1.43 bits per heavy atom. The van der Waals surface area contributed by atoms with E-state index in [4.69, 9.17) is 20.8 Å². The van der Waals surface area contributed by atoms with E-state index in [1.165, 1.54) is 6.08 Å². The topological polar surface area (TPSA) is 51.5 Å². The molecule has 0 spiro atoms. The molecule has 5 heteroatoms. The predicted molar refractivity (Wildman–Crippen MR) is 82.0 cm³/mol. The first-order valence-electron chi connectivity index (χ1n) is 6.46. The summed E-state index contributed by atoms with van der Waals surface area (Å²) >= 11 is 6.12. The molecule has 0 bridgehead atoms. The highest BCUT2D eigenvalue weighted by Gasteiger charge is 2.14. The number of hydrogen-bond donors (Lipinski definition) is 1. The van der Waals surface area contributed by atoms with Gasteiger partial charge >= 0.3 is 0 Å². The lowest BCUT2D eigenvalue weighted by atomic mass is 10.1. The molecule has 1 heterocycles.